The highest BCUT2D eigenvalue weighted by molar-refractivity contribution is 5.49. The van der Waals surface area contributed by atoms with Gasteiger partial charge >= 0.3 is 0 Å². The van der Waals surface area contributed by atoms with Crippen LogP contribution in [0.5, 0.6) is 0 Å². The molecule has 0 bridgehead atoms. The number of aromatic nitrogens is 2. The molecule has 0 amide bonds. The molecule has 0 spiro atoms. The van der Waals surface area contributed by atoms with Crippen LogP contribution in [-0.4, -0.2) is 60.7 Å². The van der Waals surface area contributed by atoms with Gasteiger partial charge in [0.2, 0.25) is 5.95 Å². The molecular weight excluding hydrogens is 334 g/mol. The third-order valence-electron chi connectivity index (χ3n) is 5.04. The van der Waals surface area contributed by atoms with E-state index in [-0.39, 0.29) is 0 Å². The Morgan fingerprint density at radius 1 is 1.00 bits per heavy atom. The SMILES string of the molecule is CCN(CC)c1cc(C)nc(N2CCN(C/C=C/c3ccccc3)CC2)n1. The Kier molecular flexibility index (Phi) is 6.82. The van der Waals surface area contributed by atoms with Gasteiger partial charge < -0.3 is 9.80 Å². The summed E-state index contributed by atoms with van der Waals surface area (Å²) >= 11 is 0. The number of nitrogens with zero attached hydrogens (tertiary/aromatic N) is 5. The number of hydrogen-bond donors (Lipinski definition) is 0. The summed E-state index contributed by atoms with van der Waals surface area (Å²) in [6, 6.07) is 12.6. The van der Waals surface area contributed by atoms with Crippen LogP contribution in [0.2, 0.25) is 0 Å². The lowest BCUT2D eigenvalue weighted by molar-refractivity contribution is 0.283. The van der Waals surface area contributed by atoms with Crippen LogP contribution >= 0.6 is 0 Å². The van der Waals surface area contributed by atoms with Crippen molar-refractivity contribution in [1.29, 1.82) is 0 Å². The Balaban J connectivity index is 1.56. The summed E-state index contributed by atoms with van der Waals surface area (Å²) in [5.41, 5.74) is 2.29. The molecule has 1 aliphatic heterocycles. The third-order valence-corrected chi connectivity index (χ3v) is 5.04. The van der Waals surface area contributed by atoms with Gasteiger partial charge in [-0.25, -0.2) is 4.98 Å². The molecule has 0 N–H and O–H groups in total. The van der Waals surface area contributed by atoms with E-state index < -0.39 is 0 Å². The minimum atomic E-state index is 0.872. The van der Waals surface area contributed by atoms with Crippen LogP contribution in [0.15, 0.2) is 42.5 Å². The first-order chi connectivity index (χ1) is 13.2. The normalized spacial score (nSPS) is 15.4. The van der Waals surface area contributed by atoms with Crippen molar-refractivity contribution in [2.45, 2.75) is 20.8 Å². The predicted molar refractivity (Wildman–Crippen MR) is 114 cm³/mol. The Hall–Kier alpha value is -2.40. The molecule has 0 radical (unpaired) electrons. The van der Waals surface area contributed by atoms with Gasteiger partial charge in [-0.1, -0.05) is 42.5 Å². The van der Waals surface area contributed by atoms with E-state index in [9.17, 15) is 0 Å². The first kappa shape index (κ1) is 19.4. The maximum Gasteiger partial charge on any atom is 0.227 e. The maximum absolute atomic E-state index is 4.83. The summed E-state index contributed by atoms with van der Waals surface area (Å²) in [6.07, 6.45) is 4.46. The summed E-state index contributed by atoms with van der Waals surface area (Å²) in [4.78, 5) is 16.6. The summed E-state index contributed by atoms with van der Waals surface area (Å²) in [7, 11) is 0. The van der Waals surface area contributed by atoms with Gasteiger partial charge in [0, 0.05) is 57.6 Å². The molecule has 0 saturated carbocycles. The van der Waals surface area contributed by atoms with Gasteiger partial charge in [0.05, 0.1) is 0 Å². The number of anilines is 2. The van der Waals surface area contributed by atoms with E-state index in [0.29, 0.717) is 0 Å². The van der Waals surface area contributed by atoms with Crippen molar-refractivity contribution in [3.05, 3.63) is 53.7 Å². The van der Waals surface area contributed by atoms with Crippen molar-refractivity contribution in [3.8, 4) is 0 Å². The van der Waals surface area contributed by atoms with Crippen LogP contribution < -0.4 is 9.80 Å². The van der Waals surface area contributed by atoms with E-state index >= 15 is 0 Å². The van der Waals surface area contributed by atoms with E-state index in [2.05, 4.69) is 84.0 Å². The Bertz CT molecular complexity index is 732. The average molecular weight is 366 g/mol. The van der Waals surface area contributed by atoms with E-state index in [0.717, 1.165) is 63.3 Å². The predicted octanol–water partition coefficient (Wildman–Crippen LogP) is 3.47. The highest BCUT2D eigenvalue weighted by atomic mass is 15.3. The second-order valence-electron chi connectivity index (χ2n) is 6.94. The smallest absolute Gasteiger partial charge is 0.227 e. The molecule has 1 saturated heterocycles. The van der Waals surface area contributed by atoms with E-state index in [4.69, 9.17) is 9.97 Å². The lowest BCUT2D eigenvalue weighted by Gasteiger charge is -2.34. The molecule has 2 aromatic rings. The fraction of sp³-hybridized carbons (Fsp3) is 0.455. The van der Waals surface area contributed by atoms with Gasteiger partial charge in [-0.2, -0.15) is 4.98 Å². The van der Waals surface area contributed by atoms with Crippen molar-refractivity contribution in [2.75, 3.05) is 55.6 Å². The number of benzene rings is 1. The average Bonchev–Trinajstić information content (AvgIpc) is 2.70. The van der Waals surface area contributed by atoms with Gasteiger partial charge in [-0.15, -0.1) is 0 Å². The van der Waals surface area contributed by atoms with Gasteiger partial charge in [-0.05, 0) is 26.3 Å². The standard InChI is InChI=1S/C22H31N5/c1-4-26(5-2)21-18-19(3)23-22(24-21)27-16-14-25(15-17-27)13-9-12-20-10-7-6-8-11-20/h6-12,18H,4-5,13-17H2,1-3H3/b12-9+. The highest BCUT2D eigenvalue weighted by Gasteiger charge is 2.19. The molecule has 5 nitrogen and oxygen atoms in total. The minimum absolute atomic E-state index is 0.872. The molecule has 5 heteroatoms. The second-order valence-corrected chi connectivity index (χ2v) is 6.94. The van der Waals surface area contributed by atoms with Crippen LogP contribution in [0.3, 0.4) is 0 Å². The zero-order valence-electron chi connectivity index (χ0n) is 16.8. The minimum Gasteiger partial charge on any atom is -0.357 e. The fourth-order valence-corrected chi connectivity index (χ4v) is 3.42. The quantitative estimate of drug-likeness (QED) is 0.751. The number of aryl methyl sites for hydroxylation is 1. The largest absolute Gasteiger partial charge is 0.357 e. The third kappa shape index (κ3) is 5.30. The first-order valence-corrected chi connectivity index (χ1v) is 9.99. The molecule has 144 valence electrons. The summed E-state index contributed by atoms with van der Waals surface area (Å²) in [6.45, 7) is 13.3. The first-order valence-electron chi connectivity index (χ1n) is 9.99. The number of piperazine rings is 1. The van der Waals surface area contributed by atoms with Crippen molar-refractivity contribution in [2.24, 2.45) is 0 Å². The van der Waals surface area contributed by atoms with Gasteiger partial charge in [0.25, 0.3) is 0 Å². The van der Waals surface area contributed by atoms with Crippen LogP contribution in [0.4, 0.5) is 11.8 Å². The highest BCUT2D eigenvalue weighted by Crippen LogP contribution is 2.18. The topological polar surface area (TPSA) is 35.5 Å². The van der Waals surface area contributed by atoms with E-state index in [1.807, 2.05) is 0 Å². The molecule has 0 atom stereocenters. The van der Waals surface area contributed by atoms with Gasteiger partial charge in [0.1, 0.15) is 5.82 Å². The Morgan fingerprint density at radius 3 is 2.37 bits per heavy atom. The molecular formula is C22H31N5. The summed E-state index contributed by atoms with van der Waals surface area (Å²) in [5.74, 6) is 1.91. The molecule has 1 aromatic carbocycles. The van der Waals surface area contributed by atoms with E-state index in [1.165, 1.54) is 5.56 Å². The molecule has 0 unspecified atom stereocenters. The zero-order chi connectivity index (χ0) is 19.1. The maximum atomic E-state index is 4.83. The molecule has 1 fully saturated rings. The van der Waals surface area contributed by atoms with Crippen LogP contribution in [0.1, 0.15) is 25.1 Å². The summed E-state index contributed by atoms with van der Waals surface area (Å²) < 4.78 is 0. The Labute approximate surface area is 163 Å². The lowest BCUT2D eigenvalue weighted by Crippen LogP contribution is -2.47. The van der Waals surface area contributed by atoms with Crippen molar-refractivity contribution in [3.63, 3.8) is 0 Å². The second kappa shape index (κ2) is 9.51. The van der Waals surface area contributed by atoms with Gasteiger partial charge in [-0.3, -0.25) is 4.90 Å². The molecule has 3 rings (SSSR count). The van der Waals surface area contributed by atoms with Crippen molar-refractivity contribution < 1.29 is 0 Å². The molecule has 0 aliphatic carbocycles. The Morgan fingerprint density at radius 2 is 1.70 bits per heavy atom. The fourth-order valence-electron chi connectivity index (χ4n) is 3.42. The van der Waals surface area contributed by atoms with E-state index in [1.54, 1.807) is 0 Å². The summed E-state index contributed by atoms with van der Waals surface area (Å²) in [5, 5.41) is 0. The molecule has 27 heavy (non-hydrogen) atoms. The zero-order valence-corrected chi connectivity index (χ0v) is 16.8. The van der Waals surface area contributed by atoms with Crippen molar-refractivity contribution >= 4 is 17.8 Å². The molecule has 1 aliphatic rings. The van der Waals surface area contributed by atoms with Crippen LogP contribution in [0.25, 0.3) is 6.08 Å². The van der Waals surface area contributed by atoms with Crippen molar-refractivity contribution in [1.82, 2.24) is 14.9 Å². The number of hydrogen-bond acceptors (Lipinski definition) is 5. The molecule has 2 heterocycles. The van der Waals surface area contributed by atoms with Crippen LogP contribution in [-0.2, 0) is 0 Å². The monoisotopic (exact) mass is 365 g/mol. The van der Waals surface area contributed by atoms with Gasteiger partial charge in [0.15, 0.2) is 0 Å². The number of rotatable bonds is 7. The van der Waals surface area contributed by atoms with Crippen LogP contribution in [0, 0.1) is 6.92 Å². The lowest BCUT2D eigenvalue weighted by atomic mass is 10.2. The molecule has 1 aromatic heterocycles.